The highest BCUT2D eigenvalue weighted by Gasteiger charge is 2.52. The van der Waals surface area contributed by atoms with Crippen molar-refractivity contribution in [2.24, 2.45) is 17.8 Å². The Labute approximate surface area is 87.9 Å². The van der Waals surface area contributed by atoms with Crippen LogP contribution in [0.25, 0.3) is 0 Å². The molecule has 4 rings (SSSR count). The van der Waals surface area contributed by atoms with Crippen LogP contribution in [0.3, 0.4) is 0 Å². The maximum atomic E-state index is 2.66. The summed E-state index contributed by atoms with van der Waals surface area (Å²) in [5, 5.41) is 0. The van der Waals surface area contributed by atoms with E-state index in [1.54, 1.807) is 19.3 Å². The van der Waals surface area contributed by atoms with Crippen molar-refractivity contribution < 1.29 is 0 Å². The molecule has 0 aromatic heterocycles. The van der Waals surface area contributed by atoms with E-state index >= 15 is 0 Å². The molecule has 0 heterocycles. The molecule has 0 unspecified atom stereocenters. The van der Waals surface area contributed by atoms with Crippen molar-refractivity contribution >= 4 is 0 Å². The molecule has 14 heavy (non-hydrogen) atoms. The van der Waals surface area contributed by atoms with Crippen LogP contribution in [0.2, 0.25) is 0 Å². The first-order valence-corrected chi connectivity index (χ1v) is 6.43. The van der Waals surface area contributed by atoms with Crippen molar-refractivity contribution in [3.8, 4) is 0 Å². The first-order valence-electron chi connectivity index (χ1n) is 6.43. The van der Waals surface area contributed by atoms with Gasteiger partial charge in [-0.15, -0.1) is 0 Å². The quantitative estimate of drug-likeness (QED) is 0.652. The Balaban J connectivity index is 1.87. The lowest BCUT2D eigenvalue weighted by Crippen LogP contribution is -2.58. The van der Waals surface area contributed by atoms with Crippen molar-refractivity contribution in [3.05, 3.63) is 0 Å². The molecular weight excluding hydrogens is 170 g/mol. The molecule has 0 saturated heterocycles. The van der Waals surface area contributed by atoms with E-state index in [-0.39, 0.29) is 0 Å². The van der Waals surface area contributed by atoms with E-state index in [1.165, 1.54) is 25.8 Å². The van der Waals surface area contributed by atoms with Crippen LogP contribution in [-0.4, -0.2) is 24.0 Å². The summed E-state index contributed by atoms with van der Waals surface area (Å²) in [4.78, 5) is 2.66. The zero-order valence-corrected chi connectivity index (χ0v) is 9.63. The molecule has 4 aliphatic carbocycles. The van der Waals surface area contributed by atoms with Crippen molar-refractivity contribution in [3.63, 3.8) is 0 Å². The molecule has 4 aliphatic rings. The molecule has 80 valence electrons. The first-order chi connectivity index (χ1) is 6.72. The summed E-state index contributed by atoms with van der Waals surface area (Å²) in [6.07, 6.45) is 9.25. The molecule has 0 aliphatic heterocycles. The monoisotopic (exact) mass is 193 g/mol. The van der Waals surface area contributed by atoms with Gasteiger partial charge in [-0.05, 0) is 69.9 Å². The molecule has 0 aromatic rings. The fourth-order valence-corrected chi connectivity index (χ4v) is 4.87. The normalized spacial score (nSPS) is 50.4. The summed E-state index contributed by atoms with van der Waals surface area (Å²) in [6.45, 7) is 3.56. The molecule has 4 bridgehead atoms. The van der Waals surface area contributed by atoms with Gasteiger partial charge in [-0.2, -0.15) is 0 Å². The van der Waals surface area contributed by atoms with Gasteiger partial charge in [0.1, 0.15) is 0 Å². The van der Waals surface area contributed by atoms with Crippen LogP contribution in [-0.2, 0) is 0 Å². The average Bonchev–Trinajstić information content (AvgIpc) is 2.14. The van der Waals surface area contributed by atoms with Gasteiger partial charge in [-0.25, -0.2) is 0 Å². The van der Waals surface area contributed by atoms with E-state index in [4.69, 9.17) is 0 Å². The highest BCUT2D eigenvalue weighted by Crippen LogP contribution is 2.57. The second-order valence-electron chi connectivity index (χ2n) is 6.16. The lowest BCUT2D eigenvalue weighted by Gasteiger charge is -2.60. The molecule has 0 atom stereocenters. The van der Waals surface area contributed by atoms with Gasteiger partial charge < -0.3 is 4.90 Å². The molecule has 0 radical (unpaired) electrons. The Bertz CT molecular complexity index is 198. The summed E-state index contributed by atoms with van der Waals surface area (Å²) in [5.74, 6) is 3.28. The van der Waals surface area contributed by atoms with Gasteiger partial charge in [-0.3, -0.25) is 0 Å². The van der Waals surface area contributed by atoms with Crippen LogP contribution in [0, 0.1) is 17.8 Å². The predicted octanol–water partition coefficient (Wildman–Crippen LogP) is 2.91. The van der Waals surface area contributed by atoms with E-state index in [0.717, 1.165) is 17.8 Å². The highest BCUT2D eigenvalue weighted by molar-refractivity contribution is 5.06. The molecule has 4 fully saturated rings. The number of rotatable bonds is 2. The van der Waals surface area contributed by atoms with Gasteiger partial charge in [0.05, 0.1) is 0 Å². The van der Waals surface area contributed by atoms with Crippen molar-refractivity contribution in [2.45, 2.75) is 51.0 Å². The third kappa shape index (κ3) is 1.18. The molecule has 0 aromatic carbocycles. The Kier molecular flexibility index (Phi) is 1.96. The molecular formula is C13H23N. The largest absolute Gasteiger partial charge is 0.301 e. The van der Waals surface area contributed by atoms with Crippen LogP contribution in [0.5, 0.6) is 0 Å². The fourth-order valence-electron chi connectivity index (χ4n) is 4.87. The number of hydrogen-bond donors (Lipinski definition) is 0. The topological polar surface area (TPSA) is 3.24 Å². The first kappa shape index (κ1) is 9.21. The van der Waals surface area contributed by atoms with Crippen LogP contribution >= 0.6 is 0 Å². The van der Waals surface area contributed by atoms with Crippen molar-refractivity contribution in [2.75, 3.05) is 13.6 Å². The van der Waals surface area contributed by atoms with Crippen LogP contribution in [0.1, 0.15) is 45.4 Å². The Hall–Kier alpha value is -0.0400. The Morgan fingerprint density at radius 2 is 1.43 bits per heavy atom. The van der Waals surface area contributed by atoms with Gasteiger partial charge in [-0.1, -0.05) is 6.92 Å². The molecule has 4 saturated carbocycles. The molecule has 1 nitrogen and oxygen atoms in total. The minimum atomic E-state index is 0.642. The fraction of sp³-hybridized carbons (Fsp3) is 1.00. The van der Waals surface area contributed by atoms with Crippen LogP contribution < -0.4 is 0 Å². The summed E-state index contributed by atoms with van der Waals surface area (Å²) in [6, 6.07) is 0. The average molecular weight is 193 g/mol. The minimum Gasteiger partial charge on any atom is -0.301 e. The van der Waals surface area contributed by atoms with E-state index in [2.05, 4.69) is 18.9 Å². The summed E-state index contributed by atoms with van der Waals surface area (Å²) in [7, 11) is 2.35. The lowest BCUT2D eigenvalue weighted by molar-refractivity contribution is -0.0772. The zero-order valence-electron chi connectivity index (χ0n) is 9.63. The molecule has 0 N–H and O–H groups in total. The van der Waals surface area contributed by atoms with E-state index in [9.17, 15) is 0 Å². The predicted molar refractivity (Wildman–Crippen MR) is 59.2 cm³/mol. The Morgan fingerprint density at radius 1 is 1.00 bits per heavy atom. The standard InChI is InChI=1S/C13H23N/c1-3-14(2)13-7-10-4-11(8-13)6-12(5-10)9-13/h10-12H,3-9H2,1-2H3. The van der Waals surface area contributed by atoms with Gasteiger partial charge in [0, 0.05) is 5.54 Å². The SMILES string of the molecule is CCN(C)C12CC3CC(CC(C3)C1)C2. The molecule has 1 heteroatoms. The van der Waals surface area contributed by atoms with Crippen LogP contribution in [0.4, 0.5) is 0 Å². The number of nitrogens with zero attached hydrogens (tertiary/aromatic N) is 1. The summed E-state index contributed by atoms with van der Waals surface area (Å²) >= 11 is 0. The van der Waals surface area contributed by atoms with E-state index in [0.29, 0.717) is 5.54 Å². The smallest absolute Gasteiger partial charge is 0.0214 e. The van der Waals surface area contributed by atoms with Gasteiger partial charge in [0.2, 0.25) is 0 Å². The van der Waals surface area contributed by atoms with Crippen molar-refractivity contribution in [1.82, 2.24) is 4.90 Å². The third-order valence-corrected chi connectivity index (χ3v) is 5.29. The zero-order chi connectivity index (χ0) is 9.76. The molecule has 0 amide bonds. The van der Waals surface area contributed by atoms with Crippen molar-refractivity contribution in [1.29, 1.82) is 0 Å². The minimum absolute atomic E-state index is 0.642. The lowest BCUT2D eigenvalue weighted by atomic mass is 9.52. The third-order valence-electron chi connectivity index (χ3n) is 5.29. The van der Waals surface area contributed by atoms with E-state index in [1.807, 2.05) is 0 Å². The maximum Gasteiger partial charge on any atom is 0.0214 e. The second kappa shape index (κ2) is 2.98. The van der Waals surface area contributed by atoms with E-state index < -0.39 is 0 Å². The maximum absolute atomic E-state index is 2.66. The summed E-state index contributed by atoms with van der Waals surface area (Å²) in [5.41, 5.74) is 0.642. The summed E-state index contributed by atoms with van der Waals surface area (Å²) < 4.78 is 0. The highest BCUT2D eigenvalue weighted by atomic mass is 15.2. The Morgan fingerprint density at radius 3 is 1.79 bits per heavy atom. The van der Waals surface area contributed by atoms with Gasteiger partial charge in [0.25, 0.3) is 0 Å². The van der Waals surface area contributed by atoms with Crippen LogP contribution in [0.15, 0.2) is 0 Å². The number of hydrogen-bond acceptors (Lipinski definition) is 1. The van der Waals surface area contributed by atoms with Gasteiger partial charge in [0.15, 0.2) is 0 Å². The van der Waals surface area contributed by atoms with Gasteiger partial charge >= 0.3 is 0 Å². The second-order valence-corrected chi connectivity index (χ2v) is 6.16. The molecule has 0 spiro atoms.